The summed E-state index contributed by atoms with van der Waals surface area (Å²) in [5, 5.41) is 18.5. The first kappa shape index (κ1) is 12.4. The topological polar surface area (TPSA) is 77.8 Å². The fourth-order valence-electron chi connectivity index (χ4n) is 2.90. The highest BCUT2D eigenvalue weighted by atomic mass is 16.4. The average Bonchev–Trinajstić information content (AvgIpc) is 2.86. The van der Waals surface area contributed by atoms with E-state index in [4.69, 9.17) is 5.11 Å². The molecule has 1 aliphatic heterocycles. The molecule has 5 nitrogen and oxygen atoms in total. The van der Waals surface area contributed by atoms with Crippen molar-refractivity contribution < 1.29 is 19.8 Å². The molecule has 17 heavy (non-hydrogen) atoms. The van der Waals surface area contributed by atoms with Crippen LogP contribution in [0, 0.1) is 5.92 Å². The number of carboxylic acid groups (broad SMARTS) is 1. The molecular weight excluding hydrogens is 222 g/mol. The predicted molar refractivity (Wildman–Crippen MR) is 60.3 cm³/mol. The van der Waals surface area contributed by atoms with Crippen molar-refractivity contribution in [3.8, 4) is 0 Å². The molecule has 2 aliphatic rings. The summed E-state index contributed by atoms with van der Waals surface area (Å²) in [4.78, 5) is 24.3. The van der Waals surface area contributed by atoms with E-state index in [1.54, 1.807) is 0 Å². The summed E-state index contributed by atoms with van der Waals surface area (Å²) in [6.45, 7) is 0.169. The van der Waals surface area contributed by atoms with Crippen LogP contribution in [-0.4, -0.2) is 45.7 Å². The van der Waals surface area contributed by atoms with Gasteiger partial charge in [-0.3, -0.25) is 4.79 Å². The Morgan fingerprint density at radius 3 is 2.47 bits per heavy atom. The second-order valence-electron chi connectivity index (χ2n) is 5.14. The largest absolute Gasteiger partial charge is 0.480 e. The molecule has 1 saturated heterocycles. The second kappa shape index (κ2) is 5.04. The molecule has 2 atom stereocenters. The van der Waals surface area contributed by atoms with Crippen LogP contribution in [0.2, 0.25) is 0 Å². The molecule has 96 valence electrons. The standard InChI is InChI=1S/C12H19NO4/c14-9-6-10(12(16)17)13(7-9)11(15)5-8-3-1-2-4-8/h8-10,14H,1-7H2,(H,16,17)/t9-,10+/m1/s1. The summed E-state index contributed by atoms with van der Waals surface area (Å²) in [6.07, 6.45) is 4.39. The molecule has 0 radical (unpaired) electrons. The van der Waals surface area contributed by atoms with Gasteiger partial charge in [-0.25, -0.2) is 4.79 Å². The monoisotopic (exact) mass is 241 g/mol. The zero-order valence-electron chi connectivity index (χ0n) is 9.84. The zero-order chi connectivity index (χ0) is 12.4. The van der Waals surface area contributed by atoms with E-state index in [9.17, 15) is 14.7 Å². The number of aliphatic hydroxyl groups is 1. The number of carbonyl (C=O) groups is 2. The molecule has 0 aromatic heterocycles. The number of β-amino-alcohol motifs (C(OH)–C–C–N with tert-alkyl or cyclic N) is 1. The average molecular weight is 241 g/mol. The number of likely N-dealkylation sites (tertiary alicyclic amines) is 1. The van der Waals surface area contributed by atoms with Gasteiger partial charge in [-0.15, -0.1) is 0 Å². The first-order valence-corrected chi connectivity index (χ1v) is 6.28. The van der Waals surface area contributed by atoms with Crippen LogP contribution in [-0.2, 0) is 9.59 Å². The number of rotatable bonds is 3. The van der Waals surface area contributed by atoms with Crippen molar-refractivity contribution in [3.63, 3.8) is 0 Å². The molecule has 0 unspecified atom stereocenters. The molecule has 0 spiro atoms. The molecule has 2 rings (SSSR count). The van der Waals surface area contributed by atoms with Crippen LogP contribution in [0.4, 0.5) is 0 Å². The van der Waals surface area contributed by atoms with Gasteiger partial charge in [0.2, 0.25) is 5.91 Å². The Labute approximate surface area is 100 Å². The first-order chi connectivity index (χ1) is 8.08. The minimum absolute atomic E-state index is 0.110. The summed E-state index contributed by atoms with van der Waals surface area (Å²) in [6, 6.07) is -0.834. The number of nitrogens with zero attached hydrogens (tertiary/aromatic N) is 1. The van der Waals surface area contributed by atoms with Gasteiger partial charge in [0.05, 0.1) is 6.10 Å². The van der Waals surface area contributed by atoms with Gasteiger partial charge in [-0.2, -0.15) is 0 Å². The number of amides is 1. The highest BCUT2D eigenvalue weighted by Gasteiger charge is 2.39. The van der Waals surface area contributed by atoms with Crippen LogP contribution in [0.5, 0.6) is 0 Å². The lowest BCUT2D eigenvalue weighted by Gasteiger charge is -2.22. The Morgan fingerprint density at radius 1 is 1.24 bits per heavy atom. The van der Waals surface area contributed by atoms with Gasteiger partial charge in [0.15, 0.2) is 0 Å². The number of aliphatic carboxylic acids is 1. The maximum absolute atomic E-state index is 12.0. The van der Waals surface area contributed by atoms with Crippen LogP contribution in [0.3, 0.4) is 0 Å². The molecule has 1 amide bonds. The zero-order valence-corrected chi connectivity index (χ0v) is 9.84. The Bertz CT molecular complexity index is 312. The van der Waals surface area contributed by atoms with Crippen LogP contribution < -0.4 is 0 Å². The van der Waals surface area contributed by atoms with Crippen molar-refractivity contribution in [2.24, 2.45) is 5.92 Å². The lowest BCUT2D eigenvalue weighted by molar-refractivity contribution is -0.148. The lowest BCUT2D eigenvalue weighted by Crippen LogP contribution is -2.41. The second-order valence-corrected chi connectivity index (χ2v) is 5.14. The minimum atomic E-state index is -1.01. The minimum Gasteiger partial charge on any atom is -0.480 e. The highest BCUT2D eigenvalue weighted by molar-refractivity contribution is 5.84. The fourth-order valence-corrected chi connectivity index (χ4v) is 2.90. The van der Waals surface area contributed by atoms with Crippen LogP contribution in [0.1, 0.15) is 38.5 Å². The molecule has 1 saturated carbocycles. The SMILES string of the molecule is O=C(O)[C@@H]1C[C@@H](O)CN1C(=O)CC1CCCC1. The lowest BCUT2D eigenvalue weighted by atomic mass is 10.0. The third-order valence-electron chi connectivity index (χ3n) is 3.82. The number of hydrogen-bond acceptors (Lipinski definition) is 3. The predicted octanol–water partition coefficient (Wildman–Crippen LogP) is 0.613. The number of carbonyl (C=O) groups excluding carboxylic acids is 1. The van der Waals surface area contributed by atoms with Gasteiger partial charge in [0, 0.05) is 19.4 Å². The smallest absolute Gasteiger partial charge is 0.326 e. The normalized spacial score (nSPS) is 29.8. The molecular formula is C12H19NO4. The van der Waals surface area contributed by atoms with Crippen molar-refractivity contribution in [1.29, 1.82) is 0 Å². The Morgan fingerprint density at radius 2 is 1.88 bits per heavy atom. The molecule has 0 aromatic carbocycles. The maximum atomic E-state index is 12.0. The fraction of sp³-hybridized carbons (Fsp3) is 0.833. The van der Waals surface area contributed by atoms with Gasteiger partial charge in [0.25, 0.3) is 0 Å². The van der Waals surface area contributed by atoms with Gasteiger partial charge < -0.3 is 15.1 Å². The summed E-state index contributed by atoms with van der Waals surface area (Å²) in [5.74, 6) is -0.711. The summed E-state index contributed by atoms with van der Waals surface area (Å²) >= 11 is 0. The molecule has 1 aliphatic carbocycles. The summed E-state index contributed by atoms with van der Waals surface area (Å²) < 4.78 is 0. The third kappa shape index (κ3) is 2.77. The number of aliphatic hydroxyl groups excluding tert-OH is 1. The summed E-state index contributed by atoms with van der Waals surface area (Å²) in [5.41, 5.74) is 0. The number of hydrogen-bond donors (Lipinski definition) is 2. The Hall–Kier alpha value is -1.10. The van der Waals surface area contributed by atoms with E-state index < -0.39 is 18.1 Å². The van der Waals surface area contributed by atoms with Crippen molar-refractivity contribution in [1.82, 2.24) is 4.90 Å². The van der Waals surface area contributed by atoms with Gasteiger partial charge in [0.1, 0.15) is 6.04 Å². The van der Waals surface area contributed by atoms with E-state index in [1.165, 1.54) is 17.7 Å². The van der Waals surface area contributed by atoms with Gasteiger partial charge >= 0.3 is 5.97 Å². The van der Waals surface area contributed by atoms with Gasteiger partial charge in [-0.1, -0.05) is 12.8 Å². The molecule has 2 N–H and O–H groups in total. The van der Waals surface area contributed by atoms with Crippen molar-refractivity contribution >= 4 is 11.9 Å². The molecule has 0 aromatic rings. The van der Waals surface area contributed by atoms with Crippen LogP contribution >= 0.6 is 0 Å². The molecule has 5 heteroatoms. The van der Waals surface area contributed by atoms with Crippen molar-refractivity contribution in [2.75, 3.05) is 6.54 Å². The van der Waals surface area contributed by atoms with Gasteiger partial charge in [-0.05, 0) is 18.8 Å². The number of carboxylic acids is 1. The van der Waals surface area contributed by atoms with Crippen molar-refractivity contribution in [3.05, 3.63) is 0 Å². The van der Waals surface area contributed by atoms with E-state index in [0.29, 0.717) is 12.3 Å². The van der Waals surface area contributed by atoms with Crippen molar-refractivity contribution in [2.45, 2.75) is 50.7 Å². The summed E-state index contributed by atoms with van der Waals surface area (Å²) in [7, 11) is 0. The van der Waals surface area contributed by atoms with E-state index >= 15 is 0 Å². The maximum Gasteiger partial charge on any atom is 0.326 e. The van der Waals surface area contributed by atoms with E-state index in [2.05, 4.69) is 0 Å². The van der Waals surface area contributed by atoms with E-state index in [0.717, 1.165) is 12.8 Å². The third-order valence-corrected chi connectivity index (χ3v) is 3.82. The van der Waals surface area contributed by atoms with E-state index in [1.807, 2.05) is 0 Å². The van der Waals surface area contributed by atoms with Crippen LogP contribution in [0.15, 0.2) is 0 Å². The first-order valence-electron chi connectivity index (χ1n) is 6.28. The molecule has 0 bridgehead atoms. The van der Waals surface area contributed by atoms with Crippen LogP contribution in [0.25, 0.3) is 0 Å². The molecule has 1 heterocycles. The molecule has 2 fully saturated rings. The highest BCUT2D eigenvalue weighted by Crippen LogP contribution is 2.29. The Balaban J connectivity index is 1.94. The quantitative estimate of drug-likeness (QED) is 0.759. The van der Waals surface area contributed by atoms with E-state index in [-0.39, 0.29) is 18.9 Å². The Kier molecular flexibility index (Phi) is 3.66.